The van der Waals surface area contributed by atoms with Gasteiger partial charge in [-0.25, -0.2) is 9.37 Å². The zero-order valence-corrected chi connectivity index (χ0v) is 8.98. The topological polar surface area (TPSA) is 28.7 Å². The Bertz CT molecular complexity index is 437. The molecule has 2 aromatic rings. The summed E-state index contributed by atoms with van der Waals surface area (Å²) >= 11 is 0. The molecule has 0 saturated heterocycles. The third kappa shape index (κ3) is 1.92. The molecule has 1 aromatic carbocycles. The van der Waals surface area contributed by atoms with Gasteiger partial charge in [0.2, 0.25) is 0 Å². The van der Waals surface area contributed by atoms with Gasteiger partial charge >= 0.3 is 0 Å². The smallest absolute Gasteiger partial charge is 0.151 e. The number of fused-ring (bicyclic) bond motifs is 1. The van der Waals surface area contributed by atoms with Crippen molar-refractivity contribution in [1.29, 1.82) is 0 Å². The van der Waals surface area contributed by atoms with Crippen molar-refractivity contribution in [3.63, 3.8) is 0 Å². The van der Waals surface area contributed by atoms with E-state index in [1.165, 1.54) is 6.07 Å². The molecule has 3 heteroatoms. The van der Waals surface area contributed by atoms with Gasteiger partial charge in [0.25, 0.3) is 0 Å². The Morgan fingerprint density at radius 2 is 1.93 bits per heavy atom. The molecule has 78 valence electrons. The van der Waals surface area contributed by atoms with Crippen LogP contribution in [0.3, 0.4) is 0 Å². The lowest BCUT2D eigenvalue weighted by atomic mass is 10.2. The van der Waals surface area contributed by atoms with Crippen molar-refractivity contribution in [1.82, 2.24) is 9.97 Å². The van der Waals surface area contributed by atoms with E-state index >= 15 is 0 Å². The molecule has 0 aliphatic heterocycles. The van der Waals surface area contributed by atoms with Crippen molar-refractivity contribution < 1.29 is 5.82 Å². The molecule has 0 saturated carbocycles. The molecule has 0 bridgehead atoms. The number of hydrogen-bond acceptors (Lipinski definition) is 1. The highest BCUT2D eigenvalue weighted by atomic mass is 19.1. The molecule has 2 rings (SSSR count). The number of aromatic amines is 1. The van der Waals surface area contributed by atoms with E-state index in [1.54, 1.807) is 0 Å². The molecule has 1 N–H and O–H groups in total. The van der Waals surface area contributed by atoms with Gasteiger partial charge in [-0.05, 0) is 31.5 Å². The lowest BCUT2D eigenvalue weighted by Gasteiger charge is -1.93. The maximum absolute atomic E-state index is 13.2. The van der Waals surface area contributed by atoms with Gasteiger partial charge in [0.1, 0.15) is 11.3 Å². The van der Waals surface area contributed by atoms with Crippen LogP contribution < -0.4 is 0 Å². The Morgan fingerprint density at radius 1 is 1.29 bits per heavy atom. The number of aromatic nitrogens is 2. The minimum absolute atomic E-state index is 0. The maximum atomic E-state index is 13.2. The first-order valence-corrected chi connectivity index (χ1v) is 4.79. The second-order valence-electron chi connectivity index (χ2n) is 2.97. The van der Waals surface area contributed by atoms with Crippen LogP contribution in [0.1, 0.15) is 26.7 Å². The number of H-pyrrole nitrogens is 1. The first kappa shape index (κ1) is 10.7. The maximum Gasteiger partial charge on any atom is 0.151 e. The first-order chi connectivity index (χ1) is 6.66. The summed E-state index contributed by atoms with van der Waals surface area (Å²) in [6, 6.07) is 3.38. The summed E-state index contributed by atoms with van der Waals surface area (Å²) in [4.78, 5) is 7.01. The quantitative estimate of drug-likeness (QED) is 0.685. The van der Waals surface area contributed by atoms with Gasteiger partial charge < -0.3 is 4.98 Å². The number of nitrogens with one attached hydrogen (secondary N) is 1. The molecule has 0 atom stereocenters. The normalized spacial score (nSPS) is 9.79. The average Bonchev–Trinajstić information content (AvgIpc) is 2.49. The minimum atomic E-state index is -0.255. The van der Waals surface area contributed by atoms with Crippen LogP contribution in [-0.2, 0) is 0 Å². The average molecular weight is 196 g/mol. The number of hydrogen-bond donors (Lipinski definition) is 1. The summed E-state index contributed by atoms with van der Waals surface area (Å²) in [5.41, 5.74) is 2.10. The largest absolute Gasteiger partial charge is 0.342 e. The zero-order valence-electron chi connectivity index (χ0n) is 8.98. The van der Waals surface area contributed by atoms with E-state index < -0.39 is 0 Å². The minimum Gasteiger partial charge on any atom is -0.342 e. The highest BCUT2D eigenvalue weighted by molar-refractivity contribution is 5.76. The summed E-state index contributed by atoms with van der Waals surface area (Å²) in [6.45, 7) is 7.67. The predicted molar refractivity (Wildman–Crippen MR) is 59.0 cm³/mol. The highest BCUT2D eigenvalue weighted by Gasteiger charge is 2.05. The van der Waals surface area contributed by atoms with Crippen molar-refractivity contribution in [3.05, 3.63) is 29.3 Å². The number of halogens is 1. The van der Waals surface area contributed by atoms with Gasteiger partial charge in [0, 0.05) is 1.43 Å². The van der Waals surface area contributed by atoms with E-state index in [1.807, 2.05) is 33.8 Å². The first-order valence-electron chi connectivity index (χ1n) is 4.79. The van der Waals surface area contributed by atoms with Crippen LogP contribution in [-0.4, -0.2) is 9.97 Å². The Balaban J connectivity index is 0.000000617. The van der Waals surface area contributed by atoms with E-state index in [-0.39, 0.29) is 7.24 Å². The molecule has 0 spiro atoms. The van der Waals surface area contributed by atoms with Crippen molar-refractivity contribution in [2.75, 3.05) is 0 Å². The third-order valence-corrected chi connectivity index (χ3v) is 1.80. The number of aryl methyl sites for hydroxylation is 2. The van der Waals surface area contributed by atoms with Crippen molar-refractivity contribution in [2.24, 2.45) is 0 Å². The lowest BCUT2D eigenvalue weighted by Crippen LogP contribution is -1.80. The second-order valence-corrected chi connectivity index (χ2v) is 2.97. The molecule has 14 heavy (non-hydrogen) atoms. The molecule has 0 unspecified atom stereocenters. The molecule has 1 heterocycles. The van der Waals surface area contributed by atoms with Gasteiger partial charge in [-0.3, -0.25) is 0 Å². The van der Waals surface area contributed by atoms with Crippen LogP contribution in [0.2, 0.25) is 0 Å². The van der Waals surface area contributed by atoms with Crippen molar-refractivity contribution >= 4 is 11.0 Å². The molecule has 1 aromatic heterocycles. The lowest BCUT2D eigenvalue weighted by molar-refractivity contribution is 0.636. The van der Waals surface area contributed by atoms with Gasteiger partial charge in [-0.15, -0.1) is 0 Å². The number of rotatable bonds is 0. The summed E-state index contributed by atoms with van der Waals surface area (Å²) in [7, 11) is 0. The third-order valence-electron chi connectivity index (χ3n) is 1.80. The van der Waals surface area contributed by atoms with Gasteiger partial charge in [-0.1, -0.05) is 13.8 Å². The monoisotopic (exact) mass is 196 g/mol. The van der Waals surface area contributed by atoms with Crippen LogP contribution in [0.5, 0.6) is 0 Å². The van der Waals surface area contributed by atoms with Crippen LogP contribution in [0.25, 0.3) is 11.0 Å². The Labute approximate surface area is 84.7 Å². The number of nitrogens with zero attached hydrogens (tertiary/aromatic N) is 1. The molecule has 0 aliphatic carbocycles. The fourth-order valence-corrected chi connectivity index (χ4v) is 1.33. The standard InChI is InChI=1S/C9H9FN2.C2H6.H2/c1-5-3-7(10)9-8(4-5)11-6(2)12-9;1-2;/h3-4H,1-2H3,(H,11,12);1-2H3;1H. The molecule has 0 amide bonds. The predicted octanol–water partition coefficient (Wildman–Crippen LogP) is 3.59. The molecule has 0 aliphatic rings. The fourth-order valence-electron chi connectivity index (χ4n) is 1.33. The summed E-state index contributed by atoms with van der Waals surface area (Å²) in [5, 5.41) is 0. The van der Waals surface area contributed by atoms with Crippen LogP contribution in [0.4, 0.5) is 4.39 Å². The molecule has 0 radical (unpaired) electrons. The van der Waals surface area contributed by atoms with E-state index in [2.05, 4.69) is 9.97 Å². The number of imidazole rings is 1. The van der Waals surface area contributed by atoms with Crippen molar-refractivity contribution in [3.8, 4) is 0 Å². The Morgan fingerprint density at radius 3 is 2.57 bits per heavy atom. The van der Waals surface area contributed by atoms with Crippen LogP contribution in [0, 0.1) is 19.7 Å². The van der Waals surface area contributed by atoms with Gasteiger partial charge in [-0.2, -0.15) is 0 Å². The number of benzene rings is 1. The summed E-state index contributed by atoms with van der Waals surface area (Å²) in [5.74, 6) is 0.490. The van der Waals surface area contributed by atoms with Gasteiger partial charge in [0.15, 0.2) is 5.82 Å². The van der Waals surface area contributed by atoms with E-state index in [4.69, 9.17) is 0 Å². The van der Waals surface area contributed by atoms with E-state index in [0.29, 0.717) is 5.52 Å². The second kappa shape index (κ2) is 4.22. The zero-order chi connectivity index (χ0) is 10.7. The van der Waals surface area contributed by atoms with Crippen LogP contribution >= 0.6 is 0 Å². The van der Waals surface area contributed by atoms with Crippen LogP contribution in [0.15, 0.2) is 12.1 Å². The summed E-state index contributed by atoms with van der Waals surface area (Å²) in [6.07, 6.45) is 0. The molecular formula is C11H17FN2. The molecule has 2 nitrogen and oxygen atoms in total. The van der Waals surface area contributed by atoms with E-state index in [0.717, 1.165) is 16.9 Å². The SMILES string of the molecule is CC.Cc1cc(F)c2nc(C)[nH]c2c1.[HH]. The highest BCUT2D eigenvalue weighted by Crippen LogP contribution is 2.16. The van der Waals surface area contributed by atoms with Crippen molar-refractivity contribution in [2.45, 2.75) is 27.7 Å². The molecular weight excluding hydrogens is 179 g/mol. The Kier molecular flexibility index (Phi) is 3.23. The van der Waals surface area contributed by atoms with Gasteiger partial charge in [0.05, 0.1) is 5.52 Å². The summed E-state index contributed by atoms with van der Waals surface area (Å²) < 4.78 is 13.2. The van der Waals surface area contributed by atoms with E-state index in [9.17, 15) is 4.39 Å². The Hall–Kier alpha value is -1.38. The molecule has 0 fully saturated rings. The fraction of sp³-hybridized carbons (Fsp3) is 0.364.